The molecule has 1 aromatic carbocycles. The van der Waals surface area contributed by atoms with Gasteiger partial charge in [-0.3, -0.25) is 5.10 Å². The minimum atomic E-state index is 0.385. The smallest absolute Gasteiger partial charge is 0.205 e. The van der Waals surface area contributed by atoms with Gasteiger partial charge < -0.3 is 4.90 Å². The Morgan fingerprint density at radius 2 is 2.00 bits per heavy atom. The Balaban J connectivity index is 1.49. The average molecular weight is 312 g/mol. The molecule has 1 N–H and O–H groups in total. The van der Waals surface area contributed by atoms with Gasteiger partial charge in [-0.1, -0.05) is 24.3 Å². The second kappa shape index (κ2) is 5.17. The number of aromatic nitrogens is 5. The summed E-state index contributed by atoms with van der Waals surface area (Å²) in [6, 6.07) is 8.21. The Bertz CT molecular complexity index is 802. The molecule has 3 aromatic rings. The molecule has 0 amide bonds. The van der Waals surface area contributed by atoms with Gasteiger partial charge in [-0.25, -0.2) is 4.98 Å². The van der Waals surface area contributed by atoms with E-state index >= 15 is 0 Å². The summed E-state index contributed by atoms with van der Waals surface area (Å²) in [6.45, 7) is 5.81. The van der Waals surface area contributed by atoms with Gasteiger partial charge in [0, 0.05) is 30.2 Å². The van der Waals surface area contributed by atoms with Crippen LogP contribution in [0.2, 0.25) is 0 Å². The molecule has 0 atom stereocenters. The van der Waals surface area contributed by atoms with Crippen LogP contribution in [-0.4, -0.2) is 37.6 Å². The van der Waals surface area contributed by atoms with E-state index in [-0.39, 0.29) is 0 Å². The van der Waals surface area contributed by atoms with E-state index in [2.05, 4.69) is 48.5 Å². The zero-order chi connectivity index (χ0) is 15.1. The van der Waals surface area contributed by atoms with Gasteiger partial charge in [0.15, 0.2) is 11.6 Å². The van der Waals surface area contributed by atoms with Crippen molar-refractivity contribution in [2.75, 3.05) is 18.0 Å². The number of aryl methyl sites for hydroxylation is 2. The lowest BCUT2D eigenvalue weighted by molar-refractivity contribution is 0.501. The third kappa shape index (κ3) is 2.27. The number of rotatable bonds is 3. The molecule has 1 fully saturated rings. The summed E-state index contributed by atoms with van der Waals surface area (Å²) in [5.74, 6) is 2.97. The van der Waals surface area contributed by atoms with Gasteiger partial charge in [-0.05, 0) is 19.4 Å². The van der Waals surface area contributed by atoms with Crippen LogP contribution in [0.1, 0.15) is 23.1 Å². The van der Waals surface area contributed by atoms with Crippen LogP contribution in [0.15, 0.2) is 24.3 Å². The number of H-pyrrole nitrogens is 1. The third-order valence-corrected chi connectivity index (χ3v) is 4.71. The first kappa shape index (κ1) is 13.4. The summed E-state index contributed by atoms with van der Waals surface area (Å²) in [5, 5.41) is 8.11. The molecule has 0 radical (unpaired) electrons. The van der Waals surface area contributed by atoms with Crippen molar-refractivity contribution in [3.8, 4) is 11.4 Å². The van der Waals surface area contributed by atoms with Crippen LogP contribution in [-0.2, 0) is 0 Å². The van der Waals surface area contributed by atoms with Gasteiger partial charge in [-0.2, -0.15) is 14.5 Å². The molecule has 7 heteroatoms. The standard InChI is InChI=1S/C15H16N6S/c1-9-5-3-4-6-12(9)14-17-15(22-20-14)21-7-11(8-21)13-16-10(2)18-19-13/h3-6,11H,7-8H2,1-2H3,(H,16,18,19). The van der Waals surface area contributed by atoms with Crippen molar-refractivity contribution in [2.45, 2.75) is 19.8 Å². The molecular formula is C15H16N6S. The molecule has 3 heterocycles. The lowest BCUT2D eigenvalue weighted by Gasteiger charge is -2.37. The van der Waals surface area contributed by atoms with E-state index in [1.807, 2.05) is 19.1 Å². The first-order chi connectivity index (χ1) is 10.7. The second-order valence-electron chi connectivity index (χ2n) is 5.60. The second-order valence-corrected chi connectivity index (χ2v) is 6.33. The molecular weight excluding hydrogens is 296 g/mol. The van der Waals surface area contributed by atoms with E-state index in [4.69, 9.17) is 0 Å². The van der Waals surface area contributed by atoms with Crippen LogP contribution in [0, 0.1) is 13.8 Å². The number of nitrogens with one attached hydrogen (secondary N) is 1. The van der Waals surface area contributed by atoms with Gasteiger partial charge in [-0.15, -0.1) is 0 Å². The minimum absolute atomic E-state index is 0.385. The molecule has 22 heavy (non-hydrogen) atoms. The first-order valence-electron chi connectivity index (χ1n) is 7.24. The highest BCUT2D eigenvalue weighted by atomic mass is 32.1. The molecule has 2 aromatic heterocycles. The number of nitrogens with zero attached hydrogens (tertiary/aromatic N) is 5. The van der Waals surface area contributed by atoms with Gasteiger partial charge in [0.2, 0.25) is 5.13 Å². The molecule has 0 saturated carbocycles. The Morgan fingerprint density at radius 3 is 2.73 bits per heavy atom. The molecule has 0 aliphatic carbocycles. The highest BCUT2D eigenvalue weighted by Crippen LogP contribution is 2.33. The monoisotopic (exact) mass is 312 g/mol. The van der Waals surface area contributed by atoms with Crippen molar-refractivity contribution in [2.24, 2.45) is 0 Å². The molecule has 0 bridgehead atoms. The van der Waals surface area contributed by atoms with Crippen molar-refractivity contribution in [1.82, 2.24) is 24.5 Å². The Hall–Kier alpha value is -2.28. The highest BCUT2D eigenvalue weighted by molar-refractivity contribution is 7.09. The van der Waals surface area contributed by atoms with Crippen LogP contribution >= 0.6 is 11.5 Å². The third-order valence-electron chi connectivity index (χ3n) is 3.93. The van der Waals surface area contributed by atoms with Crippen molar-refractivity contribution >= 4 is 16.7 Å². The largest absolute Gasteiger partial charge is 0.345 e. The van der Waals surface area contributed by atoms with Crippen molar-refractivity contribution in [1.29, 1.82) is 0 Å². The maximum Gasteiger partial charge on any atom is 0.205 e. The summed E-state index contributed by atoms with van der Waals surface area (Å²) >= 11 is 1.46. The summed E-state index contributed by atoms with van der Waals surface area (Å²) in [6.07, 6.45) is 0. The maximum absolute atomic E-state index is 4.68. The topological polar surface area (TPSA) is 70.6 Å². The van der Waals surface area contributed by atoms with E-state index in [9.17, 15) is 0 Å². The SMILES string of the molecule is Cc1nc(C2CN(c3nc(-c4ccccc4C)ns3)C2)n[nH]1. The maximum atomic E-state index is 4.68. The Labute approximate surface area is 132 Å². The summed E-state index contributed by atoms with van der Waals surface area (Å²) < 4.78 is 4.50. The molecule has 1 saturated heterocycles. The van der Waals surface area contributed by atoms with Crippen LogP contribution in [0.3, 0.4) is 0 Å². The lowest BCUT2D eigenvalue weighted by atomic mass is 10.0. The fourth-order valence-corrected chi connectivity index (χ4v) is 3.32. The van der Waals surface area contributed by atoms with Gasteiger partial charge >= 0.3 is 0 Å². The number of hydrogen-bond donors (Lipinski definition) is 1. The van der Waals surface area contributed by atoms with E-state index < -0.39 is 0 Å². The number of anilines is 1. The van der Waals surface area contributed by atoms with Crippen LogP contribution in [0.25, 0.3) is 11.4 Å². The molecule has 112 valence electrons. The van der Waals surface area contributed by atoms with E-state index in [0.29, 0.717) is 5.92 Å². The fourth-order valence-electron chi connectivity index (χ4n) is 2.62. The molecule has 4 rings (SSSR count). The molecule has 0 spiro atoms. The summed E-state index contributed by atoms with van der Waals surface area (Å²) in [5.41, 5.74) is 2.30. The lowest BCUT2D eigenvalue weighted by Crippen LogP contribution is -2.45. The normalized spacial score (nSPS) is 15.1. The highest BCUT2D eigenvalue weighted by Gasteiger charge is 2.33. The zero-order valence-electron chi connectivity index (χ0n) is 12.4. The van der Waals surface area contributed by atoms with Crippen molar-refractivity contribution < 1.29 is 0 Å². The quantitative estimate of drug-likeness (QED) is 0.805. The van der Waals surface area contributed by atoms with Crippen LogP contribution in [0.5, 0.6) is 0 Å². The van der Waals surface area contributed by atoms with Gasteiger partial charge in [0.25, 0.3) is 0 Å². The van der Waals surface area contributed by atoms with E-state index in [0.717, 1.165) is 41.3 Å². The fraction of sp³-hybridized carbons (Fsp3) is 0.333. The molecule has 0 unspecified atom stereocenters. The Morgan fingerprint density at radius 1 is 1.18 bits per heavy atom. The molecule has 6 nitrogen and oxygen atoms in total. The van der Waals surface area contributed by atoms with Crippen molar-refractivity contribution in [3.63, 3.8) is 0 Å². The zero-order valence-corrected chi connectivity index (χ0v) is 13.3. The van der Waals surface area contributed by atoms with Crippen LogP contribution in [0.4, 0.5) is 5.13 Å². The molecule has 1 aliphatic rings. The van der Waals surface area contributed by atoms with Crippen LogP contribution < -0.4 is 4.90 Å². The molecule has 1 aliphatic heterocycles. The van der Waals surface area contributed by atoms with E-state index in [1.165, 1.54) is 17.1 Å². The number of hydrogen-bond acceptors (Lipinski definition) is 6. The van der Waals surface area contributed by atoms with Gasteiger partial charge in [0.1, 0.15) is 5.82 Å². The predicted molar refractivity (Wildman–Crippen MR) is 86.2 cm³/mol. The average Bonchev–Trinajstić information content (AvgIpc) is 3.08. The first-order valence-corrected chi connectivity index (χ1v) is 8.01. The van der Waals surface area contributed by atoms with Gasteiger partial charge in [0.05, 0.1) is 5.92 Å². The number of benzene rings is 1. The van der Waals surface area contributed by atoms with Crippen molar-refractivity contribution in [3.05, 3.63) is 41.5 Å². The summed E-state index contributed by atoms with van der Waals surface area (Å²) in [4.78, 5) is 11.3. The summed E-state index contributed by atoms with van der Waals surface area (Å²) in [7, 11) is 0. The van der Waals surface area contributed by atoms with E-state index in [1.54, 1.807) is 0 Å². The number of aromatic amines is 1. The minimum Gasteiger partial charge on any atom is -0.345 e. The predicted octanol–water partition coefficient (Wildman–Crippen LogP) is 2.54. The Kier molecular flexibility index (Phi) is 3.15.